The van der Waals surface area contributed by atoms with Crippen molar-refractivity contribution in [1.82, 2.24) is 0 Å². The third-order valence-electron chi connectivity index (χ3n) is 4.55. The van der Waals surface area contributed by atoms with Crippen molar-refractivity contribution in [3.05, 3.63) is 29.8 Å². The van der Waals surface area contributed by atoms with Gasteiger partial charge in [0, 0.05) is 0 Å². The summed E-state index contributed by atoms with van der Waals surface area (Å²) in [7, 11) is -4.02. The fraction of sp³-hybridized carbons (Fsp3) is 0.588. The van der Waals surface area contributed by atoms with E-state index in [2.05, 4.69) is 0 Å². The van der Waals surface area contributed by atoms with Crippen LogP contribution in [0.2, 0.25) is 0 Å². The van der Waals surface area contributed by atoms with E-state index in [9.17, 15) is 13.2 Å². The van der Waals surface area contributed by atoms with E-state index < -0.39 is 15.7 Å². The second-order valence-corrected chi connectivity index (χ2v) is 8.03. The number of benzene rings is 1. The number of esters is 1. The Hall–Kier alpha value is -1.44. The first kappa shape index (κ1) is 18.9. The second kappa shape index (κ2) is 7.63. The van der Waals surface area contributed by atoms with Crippen LogP contribution in [-0.2, 0) is 19.6 Å². The highest BCUT2D eigenvalue weighted by Gasteiger charge is 2.42. The fourth-order valence-corrected chi connectivity index (χ4v) is 3.23. The lowest BCUT2D eigenvalue weighted by Gasteiger charge is -2.35. The lowest BCUT2D eigenvalue weighted by molar-refractivity contribution is -0.158. The van der Waals surface area contributed by atoms with Crippen LogP contribution in [-0.4, -0.2) is 30.6 Å². The van der Waals surface area contributed by atoms with Crippen molar-refractivity contribution in [1.29, 1.82) is 0 Å². The van der Waals surface area contributed by atoms with E-state index in [1.807, 2.05) is 6.92 Å². The molecule has 2 aliphatic rings. The average Bonchev–Trinajstić information content (AvgIpc) is 2.98. The topological polar surface area (TPSA) is 107 Å². The van der Waals surface area contributed by atoms with Gasteiger partial charge in [0.15, 0.2) is 0 Å². The molecule has 0 atom stereocenters. The van der Waals surface area contributed by atoms with Gasteiger partial charge in [-0.3, -0.25) is 9.35 Å². The zero-order valence-electron chi connectivity index (χ0n) is 13.9. The van der Waals surface area contributed by atoms with Gasteiger partial charge in [0.1, 0.15) is 11.6 Å². The van der Waals surface area contributed by atoms with Crippen LogP contribution >= 0.6 is 0 Å². The molecule has 0 aromatic heterocycles. The Labute approximate surface area is 143 Å². The van der Waals surface area contributed by atoms with Crippen LogP contribution in [0, 0.1) is 6.92 Å². The first-order valence-electron chi connectivity index (χ1n) is 8.25. The molecule has 134 valence electrons. The van der Waals surface area contributed by atoms with Gasteiger partial charge in [0.2, 0.25) is 0 Å². The molecule has 2 fully saturated rings. The Kier molecular flexibility index (Phi) is 6.01. The summed E-state index contributed by atoms with van der Waals surface area (Å²) in [5.41, 5.74) is 6.18. The van der Waals surface area contributed by atoms with E-state index in [0.717, 1.165) is 37.7 Å². The SMILES string of the molecule is Cc1ccc(S(=O)(=O)O)cc1.NC1(C(=O)OC2CCCC2)CCC1. The van der Waals surface area contributed by atoms with Crippen LogP contribution in [0.15, 0.2) is 29.2 Å². The maximum Gasteiger partial charge on any atom is 0.326 e. The summed E-state index contributed by atoms with van der Waals surface area (Å²) in [6.07, 6.45) is 7.27. The number of carbonyl (C=O) groups excluding carboxylic acids is 1. The molecule has 0 unspecified atom stereocenters. The van der Waals surface area contributed by atoms with Crippen LogP contribution in [0.4, 0.5) is 0 Å². The zero-order chi connectivity index (χ0) is 17.8. The molecule has 2 aliphatic carbocycles. The number of hydrogen-bond donors (Lipinski definition) is 2. The number of nitrogens with two attached hydrogens (primary N) is 1. The summed E-state index contributed by atoms with van der Waals surface area (Å²) in [6, 6.07) is 5.99. The van der Waals surface area contributed by atoms with Crippen molar-refractivity contribution in [2.45, 2.75) is 68.4 Å². The molecule has 0 saturated heterocycles. The van der Waals surface area contributed by atoms with Crippen LogP contribution in [0.1, 0.15) is 50.5 Å². The van der Waals surface area contributed by atoms with E-state index in [0.29, 0.717) is 0 Å². The van der Waals surface area contributed by atoms with E-state index in [4.69, 9.17) is 15.0 Å². The molecule has 24 heavy (non-hydrogen) atoms. The number of hydrogen-bond acceptors (Lipinski definition) is 5. The van der Waals surface area contributed by atoms with Crippen molar-refractivity contribution >= 4 is 16.1 Å². The molecule has 0 heterocycles. The number of aryl methyl sites for hydroxylation is 1. The predicted molar refractivity (Wildman–Crippen MR) is 90.1 cm³/mol. The summed E-state index contributed by atoms with van der Waals surface area (Å²) >= 11 is 0. The van der Waals surface area contributed by atoms with Gasteiger partial charge in [-0.2, -0.15) is 8.42 Å². The van der Waals surface area contributed by atoms with Gasteiger partial charge in [-0.05, 0) is 64.0 Å². The molecular weight excluding hydrogens is 330 g/mol. The Balaban J connectivity index is 0.000000177. The lowest BCUT2D eigenvalue weighted by atomic mass is 9.78. The van der Waals surface area contributed by atoms with Crippen LogP contribution in [0.3, 0.4) is 0 Å². The van der Waals surface area contributed by atoms with E-state index >= 15 is 0 Å². The van der Waals surface area contributed by atoms with Gasteiger partial charge in [-0.1, -0.05) is 17.7 Å². The first-order valence-corrected chi connectivity index (χ1v) is 9.69. The molecule has 0 aliphatic heterocycles. The third kappa shape index (κ3) is 5.03. The second-order valence-electron chi connectivity index (χ2n) is 6.61. The Morgan fingerprint density at radius 3 is 2.12 bits per heavy atom. The lowest BCUT2D eigenvalue weighted by Crippen LogP contribution is -2.55. The third-order valence-corrected chi connectivity index (χ3v) is 5.41. The summed E-state index contributed by atoms with van der Waals surface area (Å²) in [5.74, 6) is -0.161. The van der Waals surface area contributed by atoms with Crippen LogP contribution in [0.25, 0.3) is 0 Å². The summed E-state index contributed by atoms with van der Waals surface area (Å²) in [6.45, 7) is 1.84. The largest absolute Gasteiger partial charge is 0.461 e. The molecule has 0 amide bonds. The Morgan fingerprint density at radius 1 is 1.17 bits per heavy atom. The summed E-state index contributed by atoms with van der Waals surface area (Å²) in [4.78, 5) is 11.5. The highest BCUT2D eigenvalue weighted by atomic mass is 32.2. The molecule has 0 bridgehead atoms. The fourth-order valence-electron chi connectivity index (χ4n) is 2.75. The van der Waals surface area contributed by atoms with Crippen LogP contribution in [0.5, 0.6) is 0 Å². The van der Waals surface area contributed by atoms with E-state index in [-0.39, 0.29) is 17.0 Å². The normalized spacial score (nSPS) is 19.8. The van der Waals surface area contributed by atoms with Crippen molar-refractivity contribution in [3.8, 4) is 0 Å². The Bertz CT molecular complexity index is 659. The molecule has 1 aromatic carbocycles. The molecule has 6 nitrogen and oxygen atoms in total. The molecule has 2 saturated carbocycles. The van der Waals surface area contributed by atoms with Gasteiger partial charge in [-0.25, -0.2) is 0 Å². The summed E-state index contributed by atoms with van der Waals surface area (Å²) in [5, 5.41) is 0. The first-order chi connectivity index (χ1) is 11.2. The van der Waals surface area contributed by atoms with Gasteiger partial charge < -0.3 is 10.5 Å². The van der Waals surface area contributed by atoms with Gasteiger partial charge >= 0.3 is 5.97 Å². The number of carbonyl (C=O) groups is 1. The van der Waals surface area contributed by atoms with E-state index in [1.54, 1.807) is 12.1 Å². The highest BCUT2D eigenvalue weighted by molar-refractivity contribution is 7.85. The molecule has 3 rings (SSSR count). The predicted octanol–water partition coefficient (Wildman–Crippen LogP) is 2.60. The minimum atomic E-state index is -4.02. The average molecular weight is 355 g/mol. The van der Waals surface area contributed by atoms with Crippen LogP contribution < -0.4 is 5.73 Å². The smallest absolute Gasteiger partial charge is 0.326 e. The van der Waals surface area contributed by atoms with Crippen molar-refractivity contribution in [2.24, 2.45) is 5.73 Å². The van der Waals surface area contributed by atoms with Crippen molar-refractivity contribution < 1.29 is 22.5 Å². The molecule has 3 N–H and O–H groups in total. The van der Waals surface area contributed by atoms with Crippen molar-refractivity contribution in [3.63, 3.8) is 0 Å². The minimum Gasteiger partial charge on any atom is -0.461 e. The van der Waals surface area contributed by atoms with Gasteiger partial charge in [0.25, 0.3) is 10.1 Å². The number of rotatable bonds is 3. The maximum atomic E-state index is 11.6. The maximum absolute atomic E-state index is 11.6. The van der Waals surface area contributed by atoms with E-state index in [1.165, 1.54) is 25.0 Å². The molecule has 7 heteroatoms. The standard InChI is InChI=1S/C10H17NO2.C7H8O3S/c11-10(6-3-7-10)9(12)13-8-4-1-2-5-8;1-6-2-4-7(5-3-6)11(8,9)10/h8H,1-7,11H2;2-5H,1H3,(H,8,9,10). The number of ether oxygens (including phenoxy) is 1. The quantitative estimate of drug-likeness (QED) is 0.637. The monoisotopic (exact) mass is 355 g/mol. The highest BCUT2D eigenvalue weighted by Crippen LogP contribution is 2.32. The molecule has 0 radical (unpaired) electrons. The zero-order valence-corrected chi connectivity index (χ0v) is 14.7. The summed E-state index contributed by atoms with van der Waals surface area (Å²) < 4.78 is 34.9. The minimum absolute atomic E-state index is 0.0666. The van der Waals surface area contributed by atoms with Crippen molar-refractivity contribution in [2.75, 3.05) is 0 Å². The molecule has 1 aromatic rings. The van der Waals surface area contributed by atoms with Gasteiger partial charge in [-0.15, -0.1) is 0 Å². The molecular formula is C17H25NO5S. The Morgan fingerprint density at radius 2 is 1.71 bits per heavy atom. The van der Waals surface area contributed by atoms with Gasteiger partial charge in [0.05, 0.1) is 4.90 Å². The molecule has 0 spiro atoms.